The standard InChI is InChI=1S/C24H30O2/c1-23(2)13-14-24(3,4)21-16-19(9-11-20(21)23)15-18-7-5-17(6-8-18)10-12-22(25)26/h5-9,11,16H,10,12-15H2,1-4H3,(H,25,26). The molecule has 26 heavy (non-hydrogen) atoms. The summed E-state index contributed by atoms with van der Waals surface area (Å²) < 4.78 is 0. The molecule has 0 radical (unpaired) electrons. The zero-order chi connectivity index (χ0) is 18.9. The fraction of sp³-hybridized carbons (Fsp3) is 0.458. The number of aryl methyl sites for hydroxylation is 1. The van der Waals surface area contributed by atoms with Crippen LogP contribution in [0.25, 0.3) is 0 Å². The lowest BCUT2D eigenvalue weighted by molar-refractivity contribution is -0.136. The fourth-order valence-corrected chi connectivity index (χ4v) is 4.06. The van der Waals surface area contributed by atoms with Crippen LogP contribution in [0.2, 0.25) is 0 Å². The first kappa shape index (κ1) is 18.7. The third-order valence-corrected chi connectivity index (χ3v) is 5.98. The van der Waals surface area contributed by atoms with E-state index in [1.165, 1.54) is 35.1 Å². The Morgan fingerprint density at radius 2 is 1.38 bits per heavy atom. The second-order valence-corrected chi connectivity index (χ2v) is 9.03. The van der Waals surface area contributed by atoms with Crippen molar-refractivity contribution in [3.8, 4) is 0 Å². The van der Waals surface area contributed by atoms with E-state index in [0.717, 1.165) is 12.0 Å². The van der Waals surface area contributed by atoms with E-state index in [1.54, 1.807) is 0 Å². The summed E-state index contributed by atoms with van der Waals surface area (Å²) in [7, 11) is 0. The van der Waals surface area contributed by atoms with Crippen molar-refractivity contribution in [1.82, 2.24) is 0 Å². The molecule has 0 spiro atoms. The lowest BCUT2D eigenvalue weighted by atomic mass is 9.63. The third-order valence-electron chi connectivity index (χ3n) is 5.98. The number of carbonyl (C=O) groups is 1. The van der Waals surface area contributed by atoms with Gasteiger partial charge in [-0.05, 0) is 64.3 Å². The molecule has 0 amide bonds. The van der Waals surface area contributed by atoms with Crippen LogP contribution in [-0.4, -0.2) is 11.1 Å². The number of fused-ring (bicyclic) bond motifs is 1. The molecule has 0 aromatic heterocycles. The zero-order valence-corrected chi connectivity index (χ0v) is 16.4. The lowest BCUT2D eigenvalue weighted by Crippen LogP contribution is -2.33. The monoisotopic (exact) mass is 350 g/mol. The summed E-state index contributed by atoms with van der Waals surface area (Å²) in [5, 5.41) is 8.80. The molecule has 2 heteroatoms. The highest BCUT2D eigenvalue weighted by Crippen LogP contribution is 2.46. The minimum atomic E-state index is -0.742. The Morgan fingerprint density at radius 3 is 2.00 bits per heavy atom. The molecule has 1 N–H and O–H groups in total. The predicted octanol–water partition coefficient (Wildman–Crippen LogP) is 5.64. The van der Waals surface area contributed by atoms with Crippen molar-refractivity contribution in [2.45, 2.75) is 70.6 Å². The van der Waals surface area contributed by atoms with Crippen molar-refractivity contribution in [1.29, 1.82) is 0 Å². The van der Waals surface area contributed by atoms with Gasteiger partial charge in [0.05, 0.1) is 0 Å². The Kier molecular flexibility index (Phi) is 4.96. The summed E-state index contributed by atoms with van der Waals surface area (Å²) in [5.74, 6) is -0.742. The minimum absolute atomic E-state index is 0.190. The number of hydrogen-bond acceptors (Lipinski definition) is 1. The first-order valence-corrected chi connectivity index (χ1v) is 9.61. The number of hydrogen-bond donors (Lipinski definition) is 1. The molecule has 0 saturated carbocycles. The Labute approximate surface area is 157 Å². The van der Waals surface area contributed by atoms with E-state index in [0.29, 0.717) is 6.42 Å². The minimum Gasteiger partial charge on any atom is -0.481 e. The van der Waals surface area contributed by atoms with Crippen LogP contribution in [0.3, 0.4) is 0 Å². The quantitative estimate of drug-likeness (QED) is 0.757. The van der Waals surface area contributed by atoms with E-state index in [1.807, 2.05) is 0 Å². The van der Waals surface area contributed by atoms with Crippen molar-refractivity contribution >= 4 is 5.97 Å². The molecule has 0 heterocycles. The molecule has 2 aromatic rings. The summed E-state index contributed by atoms with van der Waals surface area (Å²) in [6.07, 6.45) is 4.18. The van der Waals surface area contributed by atoms with Gasteiger partial charge in [0.25, 0.3) is 0 Å². The summed E-state index contributed by atoms with van der Waals surface area (Å²) in [6, 6.07) is 15.4. The van der Waals surface area contributed by atoms with E-state index < -0.39 is 5.97 Å². The van der Waals surface area contributed by atoms with Crippen LogP contribution in [0.1, 0.15) is 74.8 Å². The van der Waals surface area contributed by atoms with Crippen molar-refractivity contribution in [2.24, 2.45) is 0 Å². The Bertz CT molecular complexity index is 797. The highest BCUT2D eigenvalue weighted by molar-refractivity contribution is 5.67. The van der Waals surface area contributed by atoms with Gasteiger partial charge < -0.3 is 5.11 Å². The second kappa shape index (κ2) is 6.90. The van der Waals surface area contributed by atoms with Crippen molar-refractivity contribution in [3.05, 3.63) is 70.3 Å². The van der Waals surface area contributed by atoms with Gasteiger partial charge in [0, 0.05) is 6.42 Å². The van der Waals surface area contributed by atoms with Crippen LogP contribution in [0.15, 0.2) is 42.5 Å². The predicted molar refractivity (Wildman–Crippen MR) is 107 cm³/mol. The number of carboxylic acid groups (broad SMARTS) is 1. The molecular weight excluding hydrogens is 320 g/mol. The number of benzene rings is 2. The molecule has 0 atom stereocenters. The molecule has 2 aromatic carbocycles. The highest BCUT2D eigenvalue weighted by Gasteiger charge is 2.36. The molecule has 3 rings (SSSR count). The molecule has 0 fully saturated rings. The highest BCUT2D eigenvalue weighted by atomic mass is 16.4. The van der Waals surface area contributed by atoms with Crippen LogP contribution in [-0.2, 0) is 28.5 Å². The third kappa shape index (κ3) is 4.00. The topological polar surface area (TPSA) is 37.3 Å². The molecule has 0 unspecified atom stereocenters. The van der Waals surface area contributed by atoms with Crippen molar-refractivity contribution in [2.75, 3.05) is 0 Å². The summed E-state index contributed by atoms with van der Waals surface area (Å²) in [5.41, 5.74) is 7.22. The summed E-state index contributed by atoms with van der Waals surface area (Å²) >= 11 is 0. The Hall–Kier alpha value is -2.09. The normalized spacial score (nSPS) is 17.5. The van der Waals surface area contributed by atoms with Gasteiger partial charge in [0.2, 0.25) is 0 Å². The number of rotatable bonds is 5. The molecule has 1 aliphatic rings. The number of carboxylic acids is 1. The van der Waals surface area contributed by atoms with E-state index in [9.17, 15) is 4.79 Å². The van der Waals surface area contributed by atoms with Gasteiger partial charge in [0.1, 0.15) is 0 Å². The van der Waals surface area contributed by atoms with Crippen LogP contribution in [0, 0.1) is 0 Å². The molecule has 2 nitrogen and oxygen atoms in total. The Balaban J connectivity index is 1.80. The second-order valence-electron chi connectivity index (χ2n) is 9.03. The Morgan fingerprint density at radius 1 is 0.846 bits per heavy atom. The average Bonchev–Trinajstić information content (AvgIpc) is 2.58. The summed E-state index contributed by atoms with van der Waals surface area (Å²) in [4.78, 5) is 10.7. The van der Waals surface area contributed by atoms with Crippen LogP contribution in [0.4, 0.5) is 0 Å². The maximum atomic E-state index is 10.7. The maximum absolute atomic E-state index is 10.7. The first-order valence-electron chi connectivity index (χ1n) is 9.61. The fourth-order valence-electron chi connectivity index (χ4n) is 4.06. The summed E-state index contributed by atoms with van der Waals surface area (Å²) in [6.45, 7) is 9.44. The van der Waals surface area contributed by atoms with Gasteiger partial charge in [-0.25, -0.2) is 0 Å². The van der Waals surface area contributed by atoms with Gasteiger partial charge in [-0.3, -0.25) is 4.79 Å². The van der Waals surface area contributed by atoms with E-state index in [2.05, 4.69) is 70.2 Å². The smallest absolute Gasteiger partial charge is 0.303 e. The molecule has 0 bridgehead atoms. The van der Waals surface area contributed by atoms with Gasteiger partial charge in [-0.2, -0.15) is 0 Å². The molecule has 138 valence electrons. The zero-order valence-electron chi connectivity index (χ0n) is 16.4. The SMILES string of the molecule is CC1(C)CCC(C)(C)c2cc(Cc3ccc(CCC(=O)O)cc3)ccc21. The van der Waals surface area contributed by atoms with Crippen molar-refractivity contribution in [3.63, 3.8) is 0 Å². The molecule has 0 saturated heterocycles. The number of aliphatic carboxylic acids is 1. The lowest BCUT2D eigenvalue weighted by Gasteiger charge is -2.42. The average molecular weight is 351 g/mol. The van der Waals surface area contributed by atoms with Crippen LogP contribution < -0.4 is 0 Å². The van der Waals surface area contributed by atoms with Gasteiger partial charge >= 0.3 is 5.97 Å². The first-order chi connectivity index (χ1) is 12.2. The molecular formula is C24H30O2. The van der Waals surface area contributed by atoms with Crippen LogP contribution in [0.5, 0.6) is 0 Å². The van der Waals surface area contributed by atoms with Gasteiger partial charge in [0.15, 0.2) is 0 Å². The van der Waals surface area contributed by atoms with Crippen molar-refractivity contribution < 1.29 is 9.90 Å². The van der Waals surface area contributed by atoms with Gasteiger partial charge in [-0.1, -0.05) is 70.2 Å². The molecule has 0 aliphatic heterocycles. The van der Waals surface area contributed by atoms with Gasteiger partial charge in [-0.15, -0.1) is 0 Å². The van der Waals surface area contributed by atoms with E-state index >= 15 is 0 Å². The maximum Gasteiger partial charge on any atom is 0.303 e. The van der Waals surface area contributed by atoms with E-state index in [-0.39, 0.29) is 17.3 Å². The molecule has 1 aliphatic carbocycles. The largest absolute Gasteiger partial charge is 0.481 e. The van der Waals surface area contributed by atoms with Crippen LogP contribution >= 0.6 is 0 Å². The van der Waals surface area contributed by atoms with E-state index in [4.69, 9.17) is 5.11 Å².